The lowest BCUT2D eigenvalue weighted by molar-refractivity contribution is -0.125. The summed E-state index contributed by atoms with van der Waals surface area (Å²) in [6.07, 6.45) is 3.98. The van der Waals surface area contributed by atoms with E-state index in [4.69, 9.17) is 4.74 Å². The Morgan fingerprint density at radius 2 is 2.16 bits per heavy atom. The second-order valence-electron chi connectivity index (χ2n) is 6.17. The van der Waals surface area contributed by atoms with E-state index in [9.17, 15) is 4.79 Å². The van der Waals surface area contributed by atoms with Crippen molar-refractivity contribution in [2.45, 2.75) is 31.3 Å². The molecule has 0 bridgehead atoms. The normalized spacial score (nSPS) is 35.7. The molecule has 2 aliphatic heterocycles. The molecule has 0 spiro atoms. The number of likely N-dealkylation sites (tertiary alicyclic amines) is 1. The van der Waals surface area contributed by atoms with Crippen molar-refractivity contribution in [2.24, 2.45) is 11.8 Å². The molecule has 3 atom stereocenters. The SMILES string of the molecule is CNC1COCC1C(=O)NCC1CCN(C2CC2)C1. The van der Waals surface area contributed by atoms with E-state index >= 15 is 0 Å². The first-order chi connectivity index (χ1) is 9.28. The fourth-order valence-corrected chi connectivity index (χ4v) is 3.27. The largest absolute Gasteiger partial charge is 0.379 e. The van der Waals surface area contributed by atoms with Crippen molar-refractivity contribution >= 4 is 5.91 Å². The first-order valence-corrected chi connectivity index (χ1v) is 7.54. The minimum atomic E-state index is -0.0223. The Morgan fingerprint density at radius 1 is 1.32 bits per heavy atom. The lowest BCUT2D eigenvalue weighted by atomic mass is 10.0. The Balaban J connectivity index is 1.40. The maximum atomic E-state index is 12.2. The Kier molecular flexibility index (Phi) is 4.05. The molecule has 3 aliphatic rings. The highest BCUT2D eigenvalue weighted by atomic mass is 16.5. The van der Waals surface area contributed by atoms with E-state index in [1.165, 1.54) is 32.4 Å². The number of nitrogens with zero attached hydrogens (tertiary/aromatic N) is 1. The van der Waals surface area contributed by atoms with Crippen LogP contribution in [0.1, 0.15) is 19.3 Å². The van der Waals surface area contributed by atoms with Crippen LogP contribution >= 0.6 is 0 Å². The highest BCUT2D eigenvalue weighted by Gasteiger charge is 2.36. The molecule has 1 amide bonds. The number of ether oxygens (including phenoxy) is 1. The van der Waals surface area contributed by atoms with Gasteiger partial charge < -0.3 is 20.3 Å². The van der Waals surface area contributed by atoms with Gasteiger partial charge in [-0.15, -0.1) is 0 Å². The van der Waals surface area contributed by atoms with Gasteiger partial charge in [0.25, 0.3) is 0 Å². The molecular formula is C14H25N3O2. The first-order valence-electron chi connectivity index (χ1n) is 7.54. The molecule has 2 N–H and O–H groups in total. The summed E-state index contributed by atoms with van der Waals surface area (Å²) in [5.74, 6) is 0.771. The number of nitrogens with one attached hydrogen (secondary N) is 2. The van der Waals surface area contributed by atoms with Crippen LogP contribution in [0.4, 0.5) is 0 Å². The number of rotatable bonds is 5. The number of carbonyl (C=O) groups is 1. The van der Waals surface area contributed by atoms with E-state index in [-0.39, 0.29) is 17.9 Å². The third kappa shape index (κ3) is 3.09. The second kappa shape index (κ2) is 5.77. The number of hydrogen-bond donors (Lipinski definition) is 2. The van der Waals surface area contributed by atoms with E-state index < -0.39 is 0 Å². The molecule has 5 heteroatoms. The van der Waals surface area contributed by atoms with Crippen LogP contribution in [0.15, 0.2) is 0 Å². The zero-order valence-electron chi connectivity index (χ0n) is 11.7. The maximum Gasteiger partial charge on any atom is 0.227 e. The van der Waals surface area contributed by atoms with Crippen molar-refractivity contribution in [1.29, 1.82) is 0 Å². The topological polar surface area (TPSA) is 53.6 Å². The van der Waals surface area contributed by atoms with Crippen LogP contribution in [0.5, 0.6) is 0 Å². The summed E-state index contributed by atoms with van der Waals surface area (Å²) >= 11 is 0. The fourth-order valence-electron chi connectivity index (χ4n) is 3.27. The van der Waals surface area contributed by atoms with Gasteiger partial charge in [0, 0.05) is 25.2 Å². The van der Waals surface area contributed by atoms with Crippen LogP contribution in [-0.4, -0.2) is 62.8 Å². The van der Waals surface area contributed by atoms with Gasteiger partial charge in [0.1, 0.15) is 0 Å². The van der Waals surface area contributed by atoms with Crippen molar-refractivity contribution in [3.63, 3.8) is 0 Å². The lowest BCUT2D eigenvalue weighted by Gasteiger charge is -2.18. The summed E-state index contributed by atoms with van der Waals surface area (Å²) in [7, 11) is 1.89. The second-order valence-corrected chi connectivity index (χ2v) is 6.17. The summed E-state index contributed by atoms with van der Waals surface area (Å²) in [5, 5.41) is 6.28. The monoisotopic (exact) mass is 267 g/mol. The molecule has 0 radical (unpaired) electrons. The number of hydrogen-bond acceptors (Lipinski definition) is 4. The lowest BCUT2D eigenvalue weighted by Crippen LogP contribution is -2.44. The molecule has 19 heavy (non-hydrogen) atoms. The summed E-state index contributed by atoms with van der Waals surface area (Å²) in [4.78, 5) is 14.7. The van der Waals surface area contributed by atoms with Gasteiger partial charge in [0.2, 0.25) is 5.91 Å². The maximum absolute atomic E-state index is 12.2. The summed E-state index contributed by atoms with van der Waals surface area (Å²) in [6.45, 7) is 4.41. The highest BCUT2D eigenvalue weighted by molar-refractivity contribution is 5.79. The molecule has 0 aromatic heterocycles. The quantitative estimate of drug-likeness (QED) is 0.726. The molecule has 2 saturated heterocycles. The van der Waals surface area contributed by atoms with Gasteiger partial charge in [0.15, 0.2) is 0 Å². The molecule has 3 unspecified atom stereocenters. The Hall–Kier alpha value is -0.650. The van der Waals surface area contributed by atoms with E-state index in [1.807, 2.05) is 7.05 Å². The average Bonchev–Trinajstić information content (AvgIpc) is 2.99. The predicted octanol–water partition coefficient (Wildman–Crippen LogP) is -0.179. The smallest absolute Gasteiger partial charge is 0.227 e. The summed E-state index contributed by atoms with van der Waals surface area (Å²) < 4.78 is 5.38. The van der Waals surface area contributed by atoms with E-state index in [1.54, 1.807) is 0 Å². The van der Waals surface area contributed by atoms with Gasteiger partial charge in [0.05, 0.1) is 19.1 Å². The molecule has 1 aliphatic carbocycles. The van der Waals surface area contributed by atoms with Crippen LogP contribution in [0.3, 0.4) is 0 Å². The van der Waals surface area contributed by atoms with Crippen LogP contribution < -0.4 is 10.6 Å². The highest BCUT2D eigenvalue weighted by Crippen LogP contribution is 2.31. The molecule has 1 saturated carbocycles. The van der Waals surface area contributed by atoms with Gasteiger partial charge in [-0.3, -0.25) is 4.79 Å². The third-order valence-corrected chi connectivity index (χ3v) is 4.73. The van der Waals surface area contributed by atoms with Crippen molar-refractivity contribution in [3.8, 4) is 0 Å². The fraction of sp³-hybridized carbons (Fsp3) is 0.929. The standard InChI is InChI=1S/C14H25N3O2/c1-15-13-9-19-8-12(13)14(18)16-6-10-4-5-17(7-10)11-2-3-11/h10-13,15H,2-9H2,1H3,(H,16,18). The van der Waals surface area contributed by atoms with Crippen LogP contribution in [-0.2, 0) is 9.53 Å². The van der Waals surface area contributed by atoms with Crippen molar-refractivity contribution < 1.29 is 9.53 Å². The van der Waals surface area contributed by atoms with E-state index in [0.717, 1.165) is 12.6 Å². The van der Waals surface area contributed by atoms with Crippen LogP contribution in [0.2, 0.25) is 0 Å². The molecular weight excluding hydrogens is 242 g/mol. The van der Waals surface area contributed by atoms with Gasteiger partial charge in [-0.1, -0.05) is 0 Å². The van der Waals surface area contributed by atoms with E-state index in [0.29, 0.717) is 19.1 Å². The third-order valence-electron chi connectivity index (χ3n) is 4.73. The van der Waals surface area contributed by atoms with Crippen molar-refractivity contribution in [3.05, 3.63) is 0 Å². The first kappa shape index (κ1) is 13.3. The molecule has 0 aromatic carbocycles. The summed E-state index contributed by atoms with van der Waals surface area (Å²) in [6, 6.07) is 1.03. The minimum absolute atomic E-state index is 0.0223. The van der Waals surface area contributed by atoms with Crippen molar-refractivity contribution in [2.75, 3.05) is 39.9 Å². The molecule has 3 fully saturated rings. The van der Waals surface area contributed by atoms with Gasteiger partial charge in [-0.05, 0) is 38.8 Å². The van der Waals surface area contributed by atoms with Gasteiger partial charge in [-0.2, -0.15) is 0 Å². The predicted molar refractivity (Wildman–Crippen MR) is 72.9 cm³/mol. The van der Waals surface area contributed by atoms with Crippen LogP contribution in [0, 0.1) is 11.8 Å². The average molecular weight is 267 g/mol. The van der Waals surface area contributed by atoms with Crippen molar-refractivity contribution in [1.82, 2.24) is 15.5 Å². The number of likely N-dealkylation sites (N-methyl/N-ethyl adjacent to an activating group) is 1. The van der Waals surface area contributed by atoms with Crippen LogP contribution in [0.25, 0.3) is 0 Å². The zero-order chi connectivity index (χ0) is 13.2. The molecule has 108 valence electrons. The molecule has 3 rings (SSSR count). The Morgan fingerprint density at radius 3 is 2.89 bits per heavy atom. The van der Waals surface area contributed by atoms with Gasteiger partial charge >= 0.3 is 0 Å². The molecule has 5 nitrogen and oxygen atoms in total. The Bertz CT molecular complexity index is 333. The number of amides is 1. The molecule has 2 heterocycles. The van der Waals surface area contributed by atoms with Gasteiger partial charge in [-0.25, -0.2) is 0 Å². The summed E-state index contributed by atoms with van der Waals surface area (Å²) in [5.41, 5.74) is 0. The minimum Gasteiger partial charge on any atom is -0.379 e. The van der Waals surface area contributed by atoms with E-state index in [2.05, 4.69) is 15.5 Å². The zero-order valence-corrected chi connectivity index (χ0v) is 11.7. The number of carbonyl (C=O) groups excluding carboxylic acids is 1. The Labute approximate surface area is 115 Å². The molecule has 0 aromatic rings.